The van der Waals surface area contributed by atoms with Crippen LogP contribution in [0.3, 0.4) is 0 Å². The molecule has 0 aliphatic rings. The highest BCUT2D eigenvalue weighted by atomic mass is 15.2. The minimum atomic E-state index is 0.581. The van der Waals surface area contributed by atoms with Crippen molar-refractivity contribution in [3.63, 3.8) is 0 Å². The zero-order chi connectivity index (χ0) is 12.3. The normalized spacial score (nSPS) is 10.2. The van der Waals surface area contributed by atoms with E-state index in [1.165, 1.54) is 11.1 Å². The third kappa shape index (κ3) is 2.93. The Morgan fingerprint density at radius 2 is 1.71 bits per heavy atom. The van der Waals surface area contributed by atoms with Crippen molar-refractivity contribution >= 4 is 11.6 Å². The number of anilines is 2. The predicted octanol–water partition coefficient (Wildman–Crippen LogP) is 2.00. The lowest BCUT2D eigenvalue weighted by molar-refractivity contribution is 0.867. The van der Waals surface area contributed by atoms with Crippen molar-refractivity contribution in [1.82, 2.24) is 9.97 Å². The number of nitrogen functional groups attached to an aromatic ring is 1. The zero-order valence-corrected chi connectivity index (χ0v) is 10.1. The molecule has 2 aromatic rings. The maximum atomic E-state index is 5.55. The molecule has 0 bridgehead atoms. The van der Waals surface area contributed by atoms with Crippen LogP contribution in [0.15, 0.2) is 36.7 Å². The van der Waals surface area contributed by atoms with Crippen LogP contribution >= 0.6 is 0 Å². The van der Waals surface area contributed by atoms with Crippen molar-refractivity contribution in [2.45, 2.75) is 13.5 Å². The summed E-state index contributed by atoms with van der Waals surface area (Å²) in [5, 5.41) is 0. The molecule has 0 aliphatic carbocycles. The molecule has 4 nitrogen and oxygen atoms in total. The molecule has 1 aromatic heterocycles. The third-order valence-electron chi connectivity index (χ3n) is 2.54. The Morgan fingerprint density at radius 3 is 2.29 bits per heavy atom. The first-order valence-corrected chi connectivity index (χ1v) is 5.49. The van der Waals surface area contributed by atoms with Gasteiger partial charge in [0.1, 0.15) is 0 Å². The van der Waals surface area contributed by atoms with Gasteiger partial charge in [-0.05, 0) is 12.5 Å². The Balaban J connectivity index is 2.08. The summed E-state index contributed by atoms with van der Waals surface area (Å²) in [7, 11) is 1.96. The number of hydrogen-bond donors (Lipinski definition) is 1. The fraction of sp³-hybridized carbons (Fsp3) is 0.231. The fourth-order valence-corrected chi connectivity index (χ4v) is 1.57. The van der Waals surface area contributed by atoms with Gasteiger partial charge >= 0.3 is 0 Å². The fourth-order valence-electron chi connectivity index (χ4n) is 1.57. The van der Waals surface area contributed by atoms with Crippen molar-refractivity contribution in [2.24, 2.45) is 0 Å². The van der Waals surface area contributed by atoms with Gasteiger partial charge in [0.05, 0.1) is 18.1 Å². The molecule has 17 heavy (non-hydrogen) atoms. The van der Waals surface area contributed by atoms with Crippen LogP contribution < -0.4 is 10.6 Å². The van der Waals surface area contributed by atoms with Crippen LogP contribution in [0.1, 0.15) is 11.1 Å². The van der Waals surface area contributed by atoms with Gasteiger partial charge in [-0.3, -0.25) is 0 Å². The highest BCUT2D eigenvalue weighted by Crippen LogP contribution is 2.11. The van der Waals surface area contributed by atoms with Crippen LogP contribution in [0.4, 0.5) is 11.6 Å². The van der Waals surface area contributed by atoms with Gasteiger partial charge in [0, 0.05) is 13.6 Å². The zero-order valence-electron chi connectivity index (χ0n) is 10.1. The minimum Gasteiger partial charge on any atom is -0.396 e. The van der Waals surface area contributed by atoms with Crippen molar-refractivity contribution in [1.29, 1.82) is 0 Å². The van der Waals surface area contributed by atoms with Gasteiger partial charge in [0.15, 0.2) is 0 Å². The molecule has 0 radical (unpaired) electrons. The van der Waals surface area contributed by atoms with E-state index in [4.69, 9.17) is 5.73 Å². The molecular weight excluding hydrogens is 212 g/mol. The molecular formula is C13H16N4. The van der Waals surface area contributed by atoms with Crippen LogP contribution in [-0.4, -0.2) is 17.0 Å². The van der Waals surface area contributed by atoms with Gasteiger partial charge in [0.25, 0.3) is 0 Å². The lowest BCUT2D eigenvalue weighted by Crippen LogP contribution is -2.19. The second-order valence-electron chi connectivity index (χ2n) is 4.16. The van der Waals surface area contributed by atoms with Crippen LogP contribution in [0.25, 0.3) is 0 Å². The molecule has 0 spiro atoms. The van der Waals surface area contributed by atoms with Crippen molar-refractivity contribution in [3.05, 3.63) is 47.8 Å². The molecule has 1 heterocycles. The largest absolute Gasteiger partial charge is 0.396 e. The Morgan fingerprint density at radius 1 is 1.12 bits per heavy atom. The summed E-state index contributed by atoms with van der Waals surface area (Å²) in [6, 6.07) is 8.44. The molecule has 0 unspecified atom stereocenters. The van der Waals surface area contributed by atoms with E-state index < -0.39 is 0 Å². The molecule has 4 heteroatoms. The Bertz CT molecular complexity index is 476. The first-order valence-electron chi connectivity index (χ1n) is 5.49. The standard InChI is InChI=1S/C13H16N4/c1-10-3-5-11(6-4-10)9-17(2)13-15-7-12(14)8-16-13/h3-8H,9,14H2,1-2H3. The molecule has 2 rings (SSSR count). The molecule has 0 saturated heterocycles. The lowest BCUT2D eigenvalue weighted by Gasteiger charge is -2.16. The van der Waals surface area contributed by atoms with E-state index in [1.54, 1.807) is 12.4 Å². The van der Waals surface area contributed by atoms with Crippen LogP contribution in [0.2, 0.25) is 0 Å². The van der Waals surface area contributed by atoms with E-state index >= 15 is 0 Å². The number of benzene rings is 1. The van der Waals surface area contributed by atoms with Crippen LogP contribution in [-0.2, 0) is 6.54 Å². The Kier molecular flexibility index (Phi) is 3.23. The topological polar surface area (TPSA) is 55.0 Å². The third-order valence-corrected chi connectivity index (χ3v) is 2.54. The van der Waals surface area contributed by atoms with Crippen molar-refractivity contribution in [3.8, 4) is 0 Å². The molecule has 88 valence electrons. The SMILES string of the molecule is Cc1ccc(CN(C)c2ncc(N)cn2)cc1. The monoisotopic (exact) mass is 228 g/mol. The van der Waals surface area contributed by atoms with Crippen LogP contribution in [0.5, 0.6) is 0 Å². The molecule has 2 N–H and O–H groups in total. The highest BCUT2D eigenvalue weighted by molar-refractivity contribution is 5.38. The predicted molar refractivity (Wildman–Crippen MR) is 69.7 cm³/mol. The molecule has 0 atom stereocenters. The van der Waals surface area contributed by atoms with Crippen LogP contribution in [0, 0.1) is 6.92 Å². The average Bonchev–Trinajstić information content (AvgIpc) is 2.33. The van der Waals surface area contributed by atoms with Gasteiger partial charge in [-0.1, -0.05) is 29.8 Å². The lowest BCUT2D eigenvalue weighted by atomic mass is 10.1. The summed E-state index contributed by atoms with van der Waals surface area (Å²) < 4.78 is 0. The van der Waals surface area contributed by atoms with E-state index in [-0.39, 0.29) is 0 Å². The van der Waals surface area contributed by atoms with E-state index in [1.807, 2.05) is 11.9 Å². The van der Waals surface area contributed by atoms with E-state index in [2.05, 4.69) is 41.2 Å². The maximum Gasteiger partial charge on any atom is 0.225 e. The first-order chi connectivity index (χ1) is 8.15. The number of rotatable bonds is 3. The number of nitrogens with zero attached hydrogens (tertiary/aromatic N) is 3. The van der Waals surface area contributed by atoms with Gasteiger partial charge in [-0.15, -0.1) is 0 Å². The number of nitrogens with two attached hydrogens (primary N) is 1. The number of aromatic nitrogens is 2. The summed E-state index contributed by atoms with van der Waals surface area (Å²) in [6.07, 6.45) is 3.24. The smallest absolute Gasteiger partial charge is 0.225 e. The summed E-state index contributed by atoms with van der Waals surface area (Å²) in [6.45, 7) is 2.86. The van der Waals surface area contributed by atoms with Crippen molar-refractivity contribution in [2.75, 3.05) is 17.7 Å². The van der Waals surface area contributed by atoms with Gasteiger partial charge in [-0.2, -0.15) is 0 Å². The van der Waals surface area contributed by atoms with Gasteiger partial charge in [-0.25, -0.2) is 9.97 Å². The molecule has 0 aliphatic heterocycles. The number of hydrogen-bond acceptors (Lipinski definition) is 4. The molecule has 1 aromatic carbocycles. The second kappa shape index (κ2) is 4.82. The minimum absolute atomic E-state index is 0.581. The molecule has 0 fully saturated rings. The summed E-state index contributed by atoms with van der Waals surface area (Å²) in [4.78, 5) is 10.4. The quantitative estimate of drug-likeness (QED) is 0.873. The van der Waals surface area contributed by atoms with Gasteiger partial charge < -0.3 is 10.6 Å². The van der Waals surface area contributed by atoms with E-state index in [0.29, 0.717) is 11.6 Å². The summed E-state index contributed by atoms with van der Waals surface area (Å²) in [5.74, 6) is 0.680. The first kappa shape index (κ1) is 11.4. The van der Waals surface area contributed by atoms with Gasteiger partial charge in [0.2, 0.25) is 5.95 Å². The Labute approximate surface area is 101 Å². The highest BCUT2D eigenvalue weighted by Gasteiger charge is 2.04. The Hall–Kier alpha value is -2.10. The molecule has 0 amide bonds. The summed E-state index contributed by atoms with van der Waals surface area (Å²) in [5.41, 5.74) is 8.63. The summed E-state index contributed by atoms with van der Waals surface area (Å²) >= 11 is 0. The van der Waals surface area contributed by atoms with E-state index in [9.17, 15) is 0 Å². The average molecular weight is 228 g/mol. The maximum absolute atomic E-state index is 5.55. The second-order valence-corrected chi connectivity index (χ2v) is 4.16. The molecule has 0 saturated carbocycles. The van der Waals surface area contributed by atoms with Crippen molar-refractivity contribution < 1.29 is 0 Å². The number of aryl methyl sites for hydroxylation is 1. The van der Waals surface area contributed by atoms with E-state index in [0.717, 1.165) is 6.54 Å².